The number of amides is 1. The van der Waals surface area contributed by atoms with Crippen molar-refractivity contribution >= 4 is 11.9 Å². The van der Waals surface area contributed by atoms with E-state index < -0.39 is 0 Å². The Morgan fingerprint density at radius 2 is 1.75 bits per heavy atom. The van der Waals surface area contributed by atoms with Gasteiger partial charge < -0.3 is 15.0 Å². The Hall–Kier alpha value is -1.10. The molecule has 1 amide bonds. The van der Waals surface area contributed by atoms with Crippen LogP contribution in [0.25, 0.3) is 0 Å². The van der Waals surface area contributed by atoms with E-state index in [1.807, 2.05) is 7.05 Å². The van der Waals surface area contributed by atoms with E-state index in [2.05, 4.69) is 15.0 Å². The second kappa shape index (κ2) is 9.15. The molecule has 0 aliphatic carbocycles. The minimum Gasteiger partial charge on any atom is -0.469 e. The number of rotatable bonds is 8. The van der Waals surface area contributed by atoms with Crippen LogP contribution >= 0.6 is 0 Å². The predicted octanol–water partition coefficient (Wildman–Crippen LogP) is 0.398. The number of nitrogens with one attached hydrogen (secondary N) is 1. The summed E-state index contributed by atoms with van der Waals surface area (Å²) in [7, 11) is 5.03. The van der Waals surface area contributed by atoms with E-state index in [1.165, 1.54) is 7.11 Å². The maximum Gasteiger partial charge on any atom is 0.305 e. The molecule has 0 rings (SSSR count). The van der Waals surface area contributed by atoms with Crippen LogP contribution in [0.4, 0.5) is 0 Å². The minimum absolute atomic E-state index is 0.0722. The molecule has 94 valence electrons. The van der Waals surface area contributed by atoms with Gasteiger partial charge in [-0.3, -0.25) is 9.59 Å². The Bertz CT molecular complexity index is 197. The molecule has 0 aromatic rings. The lowest BCUT2D eigenvalue weighted by molar-refractivity contribution is -0.140. The van der Waals surface area contributed by atoms with Crippen molar-refractivity contribution in [2.75, 3.05) is 34.3 Å². The van der Waals surface area contributed by atoms with Gasteiger partial charge in [-0.05, 0) is 33.0 Å². The van der Waals surface area contributed by atoms with Gasteiger partial charge in [0.2, 0.25) is 5.91 Å². The van der Waals surface area contributed by atoms with E-state index in [1.54, 1.807) is 7.05 Å². The molecule has 0 aliphatic rings. The highest BCUT2D eigenvalue weighted by Crippen LogP contribution is 1.97. The number of hydrogen-bond acceptors (Lipinski definition) is 4. The number of carbonyl (C=O) groups is 2. The van der Waals surface area contributed by atoms with E-state index in [-0.39, 0.29) is 11.9 Å². The summed E-state index contributed by atoms with van der Waals surface area (Å²) in [5.74, 6) is -0.0956. The molecular weight excluding hydrogens is 208 g/mol. The van der Waals surface area contributed by atoms with Crippen LogP contribution in [0.15, 0.2) is 0 Å². The summed E-state index contributed by atoms with van der Waals surface area (Å²) in [6.45, 7) is 1.72. The first-order valence-electron chi connectivity index (χ1n) is 5.56. The van der Waals surface area contributed by atoms with Crippen LogP contribution in [0.3, 0.4) is 0 Å². The average Bonchev–Trinajstić information content (AvgIpc) is 2.28. The highest BCUT2D eigenvalue weighted by atomic mass is 16.5. The molecular formula is C11H22N2O3. The summed E-state index contributed by atoms with van der Waals surface area (Å²) in [6, 6.07) is 0. The molecule has 0 fully saturated rings. The van der Waals surface area contributed by atoms with Crippen molar-refractivity contribution in [2.24, 2.45) is 0 Å². The van der Waals surface area contributed by atoms with Crippen molar-refractivity contribution in [3.63, 3.8) is 0 Å². The van der Waals surface area contributed by atoms with Crippen molar-refractivity contribution in [2.45, 2.75) is 25.7 Å². The summed E-state index contributed by atoms with van der Waals surface area (Å²) in [5, 5.41) is 2.59. The topological polar surface area (TPSA) is 58.6 Å². The van der Waals surface area contributed by atoms with Crippen molar-refractivity contribution in [1.29, 1.82) is 0 Å². The van der Waals surface area contributed by atoms with Gasteiger partial charge >= 0.3 is 5.97 Å². The zero-order valence-corrected chi connectivity index (χ0v) is 10.4. The second-order valence-electron chi connectivity index (χ2n) is 3.76. The number of methoxy groups -OCH3 is 1. The molecule has 0 saturated carbocycles. The second-order valence-corrected chi connectivity index (χ2v) is 3.76. The third-order valence-corrected chi connectivity index (χ3v) is 2.37. The van der Waals surface area contributed by atoms with Crippen LogP contribution in [0.1, 0.15) is 25.7 Å². The van der Waals surface area contributed by atoms with Crippen molar-refractivity contribution < 1.29 is 14.3 Å². The zero-order chi connectivity index (χ0) is 12.4. The maximum absolute atomic E-state index is 10.9. The van der Waals surface area contributed by atoms with Crippen LogP contribution in [0.2, 0.25) is 0 Å². The third-order valence-electron chi connectivity index (χ3n) is 2.37. The van der Waals surface area contributed by atoms with Gasteiger partial charge in [0.1, 0.15) is 0 Å². The molecule has 1 N–H and O–H groups in total. The van der Waals surface area contributed by atoms with Gasteiger partial charge in [-0.1, -0.05) is 0 Å². The summed E-state index contributed by atoms with van der Waals surface area (Å²) >= 11 is 0. The molecule has 0 unspecified atom stereocenters. The van der Waals surface area contributed by atoms with Crippen LogP contribution in [-0.2, 0) is 14.3 Å². The van der Waals surface area contributed by atoms with Crippen molar-refractivity contribution in [3.8, 4) is 0 Å². The van der Waals surface area contributed by atoms with Crippen molar-refractivity contribution in [3.05, 3.63) is 0 Å². The van der Waals surface area contributed by atoms with Gasteiger partial charge in [-0.25, -0.2) is 0 Å². The fourth-order valence-electron chi connectivity index (χ4n) is 1.34. The van der Waals surface area contributed by atoms with Gasteiger partial charge in [0.05, 0.1) is 7.11 Å². The van der Waals surface area contributed by atoms with Crippen LogP contribution in [-0.4, -0.2) is 51.1 Å². The Morgan fingerprint density at radius 3 is 2.25 bits per heavy atom. The SMILES string of the molecule is CNC(=O)CCCN(C)CCCC(=O)OC. The van der Waals surface area contributed by atoms with Gasteiger partial charge in [-0.15, -0.1) is 0 Å². The normalized spacial score (nSPS) is 10.2. The van der Waals surface area contributed by atoms with Gasteiger partial charge in [0.25, 0.3) is 0 Å². The molecule has 0 bridgehead atoms. The lowest BCUT2D eigenvalue weighted by atomic mass is 10.2. The maximum atomic E-state index is 10.9. The predicted molar refractivity (Wildman–Crippen MR) is 62.0 cm³/mol. The number of carbonyl (C=O) groups excluding carboxylic acids is 2. The number of esters is 1. The fourth-order valence-corrected chi connectivity index (χ4v) is 1.34. The van der Waals surface area contributed by atoms with Gasteiger partial charge in [-0.2, -0.15) is 0 Å². The quantitative estimate of drug-likeness (QED) is 0.613. The van der Waals surface area contributed by atoms with Crippen molar-refractivity contribution in [1.82, 2.24) is 10.2 Å². The van der Waals surface area contributed by atoms with E-state index in [9.17, 15) is 9.59 Å². The van der Waals surface area contributed by atoms with E-state index in [0.717, 1.165) is 25.9 Å². The lowest BCUT2D eigenvalue weighted by Gasteiger charge is -2.15. The average molecular weight is 230 g/mol. The molecule has 0 saturated heterocycles. The van der Waals surface area contributed by atoms with Crippen LogP contribution in [0.5, 0.6) is 0 Å². The van der Waals surface area contributed by atoms with Gasteiger partial charge in [0.15, 0.2) is 0 Å². The van der Waals surface area contributed by atoms with E-state index >= 15 is 0 Å². The lowest BCUT2D eigenvalue weighted by Crippen LogP contribution is -2.24. The monoisotopic (exact) mass is 230 g/mol. The molecule has 5 nitrogen and oxygen atoms in total. The molecule has 0 aliphatic heterocycles. The smallest absolute Gasteiger partial charge is 0.305 e. The summed E-state index contributed by atoms with van der Waals surface area (Å²) in [6.07, 6.45) is 2.64. The summed E-state index contributed by atoms with van der Waals surface area (Å²) < 4.78 is 4.55. The first kappa shape index (κ1) is 14.9. The minimum atomic E-state index is -0.168. The molecule has 5 heteroatoms. The summed E-state index contributed by atoms with van der Waals surface area (Å²) in [5.41, 5.74) is 0. The molecule has 0 heterocycles. The Labute approximate surface area is 97.1 Å². The Kier molecular flexibility index (Phi) is 8.52. The largest absolute Gasteiger partial charge is 0.469 e. The molecule has 0 spiro atoms. The first-order valence-corrected chi connectivity index (χ1v) is 5.56. The summed E-state index contributed by atoms with van der Waals surface area (Å²) in [4.78, 5) is 23.9. The number of nitrogens with zero attached hydrogens (tertiary/aromatic N) is 1. The Morgan fingerprint density at radius 1 is 1.19 bits per heavy atom. The highest BCUT2D eigenvalue weighted by molar-refractivity contribution is 5.75. The highest BCUT2D eigenvalue weighted by Gasteiger charge is 2.04. The molecule has 16 heavy (non-hydrogen) atoms. The molecule has 0 atom stereocenters. The third kappa shape index (κ3) is 8.23. The van der Waals surface area contributed by atoms with E-state index in [4.69, 9.17) is 0 Å². The van der Waals surface area contributed by atoms with E-state index in [0.29, 0.717) is 12.8 Å². The standard InChI is InChI=1S/C11H22N2O3/c1-12-10(14)6-4-8-13(2)9-5-7-11(15)16-3/h4-9H2,1-3H3,(H,12,14). The molecule has 0 radical (unpaired) electrons. The molecule has 0 aromatic heterocycles. The van der Waals surface area contributed by atoms with Crippen LogP contribution in [0, 0.1) is 0 Å². The van der Waals surface area contributed by atoms with Crippen LogP contribution < -0.4 is 5.32 Å². The zero-order valence-electron chi connectivity index (χ0n) is 10.4. The fraction of sp³-hybridized carbons (Fsp3) is 0.818. The first-order chi connectivity index (χ1) is 7.60. The Balaban J connectivity index is 3.41. The van der Waals surface area contributed by atoms with Gasteiger partial charge in [0, 0.05) is 19.9 Å². The molecule has 0 aromatic carbocycles. The number of hydrogen-bond donors (Lipinski definition) is 1. The number of ether oxygens (including phenoxy) is 1.